The second-order valence-corrected chi connectivity index (χ2v) is 4.29. The van der Waals surface area contributed by atoms with Crippen molar-refractivity contribution in [2.75, 3.05) is 13.7 Å². The van der Waals surface area contributed by atoms with Gasteiger partial charge in [0.25, 0.3) is 0 Å². The minimum Gasteiger partial charge on any atom is -0.497 e. The SMILES string of the molecule is CCC(=Cc1ccc2cc(OC)ccc2c1)CO. The van der Waals surface area contributed by atoms with Crippen LogP contribution in [0.3, 0.4) is 0 Å². The van der Waals surface area contributed by atoms with Crippen molar-refractivity contribution in [2.45, 2.75) is 13.3 Å². The zero-order valence-electron chi connectivity index (χ0n) is 10.8. The van der Waals surface area contributed by atoms with Crippen LogP contribution in [0.25, 0.3) is 16.8 Å². The number of ether oxygens (including phenoxy) is 1. The number of rotatable bonds is 4. The fourth-order valence-corrected chi connectivity index (χ4v) is 1.95. The zero-order valence-corrected chi connectivity index (χ0v) is 10.8. The molecule has 0 spiro atoms. The number of benzene rings is 2. The van der Waals surface area contributed by atoms with Crippen LogP contribution in [0.4, 0.5) is 0 Å². The van der Waals surface area contributed by atoms with E-state index in [9.17, 15) is 5.11 Å². The highest BCUT2D eigenvalue weighted by Gasteiger charge is 1.98. The van der Waals surface area contributed by atoms with Crippen LogP contribution in [-0.4, -0.2) is 18.8 Å². The van der Waals surface area contributed by atoms with Gasteiger partial charge in [-0.1, -0.05) is 31.2 Å². The van der Waals surface area contributed by atoms with Gasteiger partial charge in [-0.05, 0) is 46.5 Å². The van der Waals surface area contributed by atoms with Crippen molar-refractivity contribution in [3.63, 3.8) is 0 Å². The first kappa shape index (κ1) is 12.7. The van der Waals surface area contributed by atoms with Crippen LogP contribution in [0.5, 0.6) is 5.75 Å². The molecule has 0 atom stereocenters. The number of aliphatic hydroxyl groups excluding tert-OH is 1. The molecule has 2 nitrogen and oxygen atoms in total. The number of fused-ring (bicyclic) bond motifs is 1. The summed E-state index contributed by atoms with van der Waals surface area (Å²) >= 11 is 0. The van der Waals surface area contributed by atoms with Crippen LogP contribution in [0.2, 0.25) is 0 Å². The summed E-state index contributed by atoms with van der Waals surface area (Å²) in [5.74, 6) is 0.871. The molecule has 0 heterocycles. The van der Waals surface area contributed by atoms with Crippen LogP contribution in [0.1, 0.15) is 18.9 Å². The number of hydrogen-bond donors (Lipinski definition) is 1. The monoisotopic (exact) mass is 242 g/mol. The van der Waals surface area contributed by atoms with Crippen LogP contribution >= 0.6 is 0 Å². The maximum Gasteiger partial charge on any atom is 0.119 e. The van der Waals surface area contributed by atoms with Gasteiger partial charge in [0.15, 0.2) is 0 Å². The molecular formula is C16H18O2. The fraction of sp³-hybridized carbons (Fsp3) is 0.250. The highest BCUT2D eigenvalue weighted by Crippen LogP contribution is 2.23. The molecule has 0 radical (unpaired) electrons. The lowest BCUT2D eigenvalue weighted by Crippen LogP contribution is -1.88. The Morgan fingerprint density at radius 1 is 1.17 bits per heavy atom. The van der Waals surface area contributed by atoms with Gasteiger partial charge in [0.1, 0.15) is 5.75 Å². The van der Waals surface area contributed by atoms with E-state index in [1.807, 2.05) is 25.1 Å². The van der Waals surface area contributed by atoms with Crippen molar-refractivity contribution in [1.82, 2.24) is 0 Å². The molecule has 94 valence electrons. The Labute approximate surface area is 108 Å². The molecule has 0 aliphatic carbocycles. The Bertz CT molecular complexity index is 564. The van der Waals surface area contributed by atoms with Gasteiger partial charge in [-0.3, -0.25) is 0 Å². The Morgan fingerprint density at radius 2 is 1.89 bits per heavy atom. The molecule has 2 aromatic carbocycles. The van der Waals surface area contributed by atoms with Crippen molar-refractivity contribution >= 4 is 16.8 Å². The minimum atomic E-state index is 0.122. The quantitative estimate of drug-likeness (QED) is 0.887. The smallest absolute Gasteiger partial charge is 0.119 e. The summed E-state index contributed by atoms with van der Waals surface area (Å²) in [5, 5.41) is 11.5. The van der Waals surface area contributed by atoms with Crippen LogP contribution < -0.4 is 4.74 Å². The minimum absolute atomic E-state index is 0.122. The van der Waals surface area contributed by atoms with Gasteiger partial charge in [-0.15, -0.1) is 0 Å². The largest absolute Gasteiger partial charge is 0.497 e. The van der Waals surface area contributed by atoms with Crippen molar-refractivity contribution in [2.24, 2.45) is 0 Å². The van der Waals surface area contributed by atoms with E-state index in [2.05, 4.69) is 24.3 Å². The normalized spacial score (nSPS) is 11.8. The third-order valence-corrected chi connectivity index (χ3v) is 3.10. The second-order valence-electron chi connectivity index (χ2n) is 4.29. The topological polar surface area (TPSA) is 29.5 Å². The van der Waals surface area contributed by atoms with E-state index in [-0.39, 0.29) is 6.61 Å². The molecule has 0 unspecified atom stereocenters. The molecule has 2 heteroatoms. The Morgan fingerprint density at radius 3 is 2.56 bits per heavy atom. The molecule has 0 aliphatic rings. The molecule has 0 amide bonds. The highest BCUT2D eigenvalue weighted by atomic mass is 16.5. The maximum atomic E-state index is 9.18. The second kappa shape index (κ2) is 5.69. The van der Waals surface area contributed by atoms with Crippen LogP contribution in [0, 0.1) is 0 Å². The molecule has 0 bridgehead atoms. The Kier molecular flexibility index (Phi) is 4.00. The number of methoxy groups -OCH3 is 1. The molecule has 0 aliphatic heterocycles. The third-order valence-electron chi connectivity index (χ3n) is 3.10. The predicted octanol–water partition coefficient (Wildman–Crippen LogP) is 3.63. The summed E-state index contributed by atoms with van der Waals surface area (Å²) in [6, 6.07) is 12.3. The Hall–Kier alpha value is -1.80. The fourth-order valence-electron chi connectivity index (χ4n) is 1.95. The van der Waals surface area contributed by atoms with Crippen LogP contribution in [-0.2, 0) is 0 Å². The van der Waals surface area contributed by atoms with E-state index in [4.69, 9.17) is 4.74 Å². The third kappa shape index (κ3) is 2.71. The predicted molar refractivity (Wildman–Crippen MR) is 75.9 cm³/mol. The lowest BCUT2D eigenvalue weighted by Gasteiger charge is -2.05. The molecule has 2 rings (SSSR count). The summed E-state index contributed by atoms with van der Waals surface area (Å²) in [6.07, 6.45) is 2.92. The first-order chi connectivity index (χ1) is 8.76. The highest BCUT2D eigenvalue weighted by molar-refractivity contribution is 5.86. The van der Waals surface area contributed by atoms with Crippen molar-refractivity contribution in [3.05, 3.63) is 47.5 Å². The first-order valence-corrected chi connectivity index (χ1v) is 6.15. The van der Waals surface area contributed by atoms with E-state index < -0.39 is 0 Å². The van der Waals surface area contributed by atoms with Crippen molar-refractivity contribution in [3.8, 4) is 5.75 Å². The number of aliphatic hydroxyl groups is 1. The molecule has 0 saturated heterocycles. The molecule has 2 aromatic rings. The van der Waals surface area contributed by atoms with E-state index in [1.54, 1.807) is 7.11 Å². The van der Waals surface area contributed by atoms with Crippen LogP contribution in [0.15, 0.2) is 42.0 Å². The standard InChI is InChI=1S/C16H18O2/c1-3-12(11-17)8-13-4-5-15-10-16(18-2)7-6-14(15)9-13/h4-10,17H,3,11H2,1-2H3. The zero-order chi connectivity index (χ0) is 13.0. The summed E-state index contributed by atoms with van der Waals surface area (Å²) in [4.78, 5) is 0. The van der Waals surface area contributed by atoms with Crippen molar-refractivity contribution in [1.29, 1.82) is 0 Å². The van der Waals surface area contributed by atoms with Crippen molar-refractivity contribution < 1.29 is 9.84 Å². The lowest BCUT2D eigenvalue weighted by atomic mass is 10.0. The van der Waals surface area contributed by atoms with E-state index >= 15 is 0 Å². The summed E-state index contributed by atoms with van der Waals surface area (Å²) < 4.78 is 5.21. The molecule has 0 aromatic heterocycles. The lowest BCUT2D eigenvalue weighted by molar-refractivity contribution is 0.329. The Balaban J connectivity index is 2.42. The number of hydrogen-bond acceptors (Lipinski definition) is 2. The summed E-state index contributed by atoms with van der Waals surface area (Å²) in [6.45, 7) is 2.17. The maximum absolute atomic E-state index is 9.18. The van der Waals surface area contributed by atoms with Gasteiger partial charge >= 0.3 is 0 Å². The average molecular weight is 242 g/mol. The van der Waals surface area contributed by atoms with E-state index in [0.29, 0.717) is 0 Å². The van der Waals surface area contributed by atoms with Gasteiger partial charge in [0.2, 0.25) is 0 Å². The summed E-state index contributed by atoms with van der Waals surface area (Å²) in [5.41, 5.74) is 2.17. The molecule has 18 heavy (non-hydrogen) atoms. The summed E-state index contributed by atoms with van der Waals surface area (Å²) in [7, 11) is 1.67. The molecular weight excluding hydrogens is 224 g/mol. The first-order valence-electron chi connectivity index (χ1n) is 6.15. The average Bonchev–Trinajstić information content (AvgIpc) is 2.44. The van der Waals surface area contributed by atoms with E-state index in [1.165, 1.54) is 5.39 Å². The van der Waals surface area contributed by atoms with Gasteiger partial charge in [0, 0.05) is 0 Å². The molecule has 0 saturated carbocycles. The van der Waals surface area contributed by atoms with Gasteiger partial charge in [-0.25, -0.2) is 0 Å². The molecule has 0 fully saturated rings. The van der Waals surface area contributed by atoms with Gasteiger partial charge in [0.05, 0.1) is 13.7 Å². The van der Waals surface area contributed by atoms with Gasteiger partial charge < -0.3 is 9.84 Å². The van der Waals surface area contributed by atoms with Gasteiger partial charge in [-0.2, -0.15) is 0 Å². The van der Waals surface area contributed by atoms with E-state index in [0.717, 1.165) is 28.7 Å². The molecule has 1 N–H and O–H groups in total.